The molecule has 0 spiro atoms. The first kappa shape index (κ1) is 14.5. The van der Waals surface area contributed by atoms with E-state index in [2.05, 4.69) is 49.2 Å². The zero-order valence-electron chi connectivity index (χ0n) is 12.5. The number of hydrogen-bond donors (Lipinski definition) is 1. The van der Waals surface area contributed by atoms with Gasteiger partial charge in [0.2, 0.25) is 0 Å². The van der Waals surface area contributed by atoms with Gasteiger partial charge in [0, 0.05) is 25.7 Å². The zero-order valence-corrected chi connectivity index (χ0v) is 12.5. The number of hydrogen-bond acceptors (Lipinski definition) is 3. The van der Waals surface area contributed by atoms with E-state index in [1.165, 1.54) is 25.1 Å². The van der Waals surface area contributed by atoms with Crippen molar-refractivity contribution in [2.45, 2.75) is 52.7 Å². The summed E-state index contributed by atoms with van der Waals surface area (Å²) in [6.45, 7) is 10.8. The van der Waals surface area contributed by atoms with Crippen LogP contribution >= 0.6 is 0 Å². The van der Waals surface area contributed by atoms with Crippen molar-refractivity contribution in [1.29, 1.82) is 0 Å². The van der Waals surface area contributed by atoms with Crippen molar-refractivity contribution in [2.24, 2.45) is 5.92 Å². The van der Waals surface area contributed by atoms with Gasteiger partial charge in [-0.15, -0.1) is 0 Å². The Kier molecular flexibility index (Phi) is 5.34. The van der Waals surface area contributed by atoms with Crippen molar-refractivity contribution in [1.82, 2.24) is 15.2 Å². The highest BCUT2D eigenvalue weighted by atomic mass is 15.2. The van der Waals surface area contributed by atoms with Gasteiger partial charge in [0.1, 0.15) is 0 Å². The maximum absolute atomic E-state index is 4.76. The number of aromatic nitrogens is 1. The van der Waals surface area contributed by atoms with Crippen LogP contribution in [-0.4, -0.2) is 29.0 Å². The summed E-state index contributed by atoms with van der Waals surface area (Å²) in [5.74, 6) is 0.937. The summed E-state index contributed by atoms with van der Waals surface area (Å²) in [7, 11) is 0. The standard InChI is InChI=1S/C16H27N3/c1-4-17-10-15-6-5-7-16(18-15)12-19(13(2)3)11-14-8-9-14/h5-7,13-14,17H,4,8-12H2,1-3H3. The molecule has 0 atom stereocenters. The van der Waals surface area contributed by atoms with Crippen molar-refractivity contribution in [3.63, 3.8) is 0 Å². The molecule has 0 bridgehead atoms. The molecule has 1 aliphatic rings. The van der Waals surface area contributed by atoms with E-state index in [0.29, 0.717) is 6.04 Å². The second-order valence-electron chi connectivity index (χ2n) is 5.87. The maximum atomic E-state index is 4.76. The molecule has 0 radical (unpaired) electrons. The zero-order chi connectivity index (χ0) is 13.7. The Morgan fingerprint density at radius 1 is 1.32 bits per heavy atom. The van der Waals surface area contributed by atoms with Gasteiger partial charge in [-0.2, -0.15) is 0 Å². The third-order valence-electron chi connectivity index (χ3n) is 3.71. The molecule has 1 fully saturated rings. The van der Waals surface area contributed by atoms with Crippen LogP contribution in [0.1, 0.15) is 45.0 Å². The molecule has 0 aliphatic heterocycles. The minimum atomic E-state index is 0.597. The fourth-order valence-corrected chi connectivity index (χ4v) is 2.27. The lowest BCUT2D eigenvalue weighted by atomic mass is 10.2. The molecule has 0 saturated heterocycles. The lowest BCUT2D eigenvalue weighted by Crippen LogP contribution is -2.32. The number of nitrogens with zero attached hydrogens (tertiary/aromatic N) is 2. The predicted octanol–water partition coefficient (Wildman–Crippen LogP) is 2.81. The Labute approximate surface area is 117 Å². The van der Waals surface area contributed by atoms with Crippen LogP contribution in [0, 0.1) is 5.92 Å². The van der Waals surface area contributed by atoms with Crippen LogP contribution in [0.3, 0.4) is 0 Å². The van der Waals surface area contributed by atoms with E-state index in [1.54, 1.807) is 0 Å². The van der Waals surface area contributed by atoms with Gasteiger partial charge in [0.15, 0.2) is 0 Å². The molecule has 2 rings (SSSR count). The van der Waals surface area contributed by atoms with E-state index in [9.17, 15) is 0 Å². The van der Waals surface area contributed by atoms with Gasteiger partial charge in [-0.1, -0.05) is 13.0 Å². The lowest BCUT2D eigenvalue weighted by Gasteiger charge is -2.26. The van der Waals surface area contributed by atoms with Crippen LogP contribution in [0.15, 0.2) is 18.2 Å². The molecule has 19 heavy (non-hydrogen) atoms. The van der Waals surface area contributed by atoms with Crippen LogP contribution in [0.4, 0.5) is 0 Å². The lowest BCUT2D eigenvalue weighted by molar-refractivity contribution is 0.201. The van der Waals surface area contributed by atoms with Gasteiger partial charge >= 0.3 is 0 Å². The van der Waals surface area contributed by atoms with Crippen LogP contribution in [0.2, 0.25) is 0 Å². The number of pyridine rings is 1. The number of nitrogens with one attached hydrogen (secondary N) is 1. The molecular formula is C16H27N3. The van der Waals surface area contributed by atoms with Crippen LogP contribution in [0.25, 0.3) is 0 Å². The highest BCUT2D eigenvalue weighted by Crippen LogP contribution is 2.30. The van der Waals surface area contributed by atoms with Crippen molar-refractivity contribution >= 4 is 0 Å². The summed E-state index contributed by atoms with van der Waals surface area (Å²) in [4.78, 5) is 7.31. The van der Waals surface area contributed by atoms with Crippen molar-refractivity contribution < 1.29 is 0 Å². The van der Waals surface area contributed by atoms with Gasteiger partial charge in [0.05, 0.1) is 11.4 Å². The smallest absolute Gasteiger partial charge is 0.0547 e. The first-order valence-electron chi connectivity index (χ1n) is 7.58. The minimum Gasteiger partial charge on any atom is -0.311 e. The molecule has 1 saturated carbocycles. The monoisotopic (exact) mass is 261 g/mol. The molecule has 1 aliphatic carbocycles. The molecule has 3 nitrogen and oxygen atoms in total. The summed E-state index contributed by atoms with van der Waals surface area (Å²) in [5, 5.41) is 3.33. The van der Waals surface area contributed by atoms with Gasteiger partial charge in [-0.25, -0.2) is 0 Å². The third kappa shape index (κ3) is 4.92. The first-order valence-corrected chi connectivity index (χ1v) is 7.58. The second kappa shape index (κ2) is 7.01. The molecule has 1 aromatic rings. The highest BCUT2D eigenvalue weighted by molar-refractivity contribution is 5.11. The highest BCUT2D eigenvalue weighted by Gasteiger charge is 2.25. The topological polar surface area (TPSA) is 28.2 Å². The quantitative estimate of drug-likeness (QED) is 0.780. The molecule has 0 amide bonds. The first-order chi connectivity index (χ1) is 9.19. The summed E-state index contributed by atoms with van der Waals surface area (Å²) in [5.41, 5.74) is 2.35. The summed E-state index contributed by atoms with van der Waals surface area (Å²) >= 11 is 0. The maximum Gasteiger partial charge on any atom is 0.0547 e. The summed E-state index contributed by atoms with van der Waals surface area (Å²) < 4.78 is 0. The Hall–Kier alpha value is -0.930. The second-order valence-corrected chi connectivity index (χ2v) is 5.87. The van der Waals surface area contributed by atoms with Crippen LogP contribution < -0.4 is 5.32 Å². The molecule has 0 unspecified atom stereocenters. The Balaban J connectivity index is 1.95. The Morgan fingerprint density at radius 2 is 2.05 bits per heavy atom. The van der Waals surface area contributed by atoms with Crippen LogP contribution in [-0.2, 0) is 13.1 Å². The van der Waals surface area contributed by atoms with E-state index in [-0.39, 0.29) is 0 Å². The number of rotatable bonds is 8. The van der Waals surface area contributed by atoms with E-state index >= 15 is 0 Å². The van der Waals surface area contributed by atoms with E-state index < -0.39 is 0 Å². The summed E-state index contributed by atoms with van der Waals surface area (Å²) in [6.07, 6.45) is 2.83. The molecule has 106 valence electrons. The fourth-order valence-electron chi connectivity index (χ4n) is 2.27. The minimum absolute atomic E-state index is 0.597. The Morgan fingerprint density at radius 3 is 2.68 bits per heavy atom. The molecule has 1 heterocycles. The molecule has 3 heteroatoms. The predicted molar refractivity (Wildman–Crippen MR) is 79.9 cm³/mol. The van der Waals surface area contributed by atoms with Crippen molar-refractivity contribution in [3.8, 4) is 0 Å². The van der Waals surface area contributed by atoms with Gasteiger partial charge < -0.3 is 5.32 Å². The molecular weight excluding hydrogens is 234 g/mol. The van der Waals surface area contributed by atoms with E-state index in [4.69, 9.17) is 4.98 Å². The molecule has 1 N–H and O–H groups in total. The SMILES string of the molecule is CCNCc1cccc(CN(CC2CC2)C(C)C)n1. The normalized spacial score (nSPS) is 15.4. The average molecular weight is 261 g/mol. The molecule has 1 aromatic heterocycles. The van der Waals surface area contributed by atoms with Crippen molar-refractivity contribution in [2.75, 3.05) is 13.1 Å². The van der Waals surface area contributed by atoms with E-state index in [0.717, 1.165) is 31.2 Å². The summed E-state index contributed by atoms with van der Waals surface area (Å²) in [6, 6.07) is 6.98. The third-order valence-corrected chi connectivity index (χ3v) is 3.71. The largest absolute Gasteiger partial charge is 0.311 e. The van der Waals surface area contributed by atoms with Gasteiger partial charge in [-0.3, -0.25) is 9.88 Å². The average Bonchev–Trinajstić information content (AvgIpc) is 3.20. The Bertz CT molecular complexity index is 385. The van der Waals surface area contributed by atoms with Crippen LogP contribution in [0.5, 0.6) is 0 Å². The van der Waals surface area contributed by atoms with Gasteiger partial charge in [-0.05, 0) is 51.3 Å². The fraction of sp³-hybridized carbons (Fsp3) is 0.688. The van der Waals surface area contributed by atoms with Crippen molar-refractivity contribution in [3.05, 3.63) is 29.6 Å². The van der Waals surface area contributed by atoms with Gasteiger partial charge in [0.25, 0.3) is 0 Å². The molecule has 0 aromatic carbocycles. The van der Waals surface area contributed by atoms with E-state index in [1.807, 2.05) is 0 Å².